The molecule has 0 bridgehead atoms. The molecule has 1 aliphatic rings. The molecule has 3 rings (SSSR count). The first-order valence-electron chi connectivity index (χ1n) is 6.20. The average molecular weight is 307 g/mol. The number of hydrogen-bond acceptors (Lipinski definition) is 5. The number of rotatable bonds is 3. The number of ether oxygens (including phenoxy) is 1. The van der Waals surface area contributed by atoms with E-state index in [1.54, 1.807) is 18.2 Å². The Bertz CT molecular complexity index is 825. The van der Waals surface area contributed by atoms with E-state index in [0.29, 0.717) is 11.1 Å². The summed E-state index contributed by atoms with van der Waals surface area (Å²) in [4.78, 5) is 12.5. The lowest BCUT2D eigenvalue weighted by Gasteiger charge is -2.33. The van der Waals surface area contributed by atoms with Gasteiger partial charge in [-0.2, -0.15) is 13.5 Å². The van der Waals surface area contributed by atoms with Crippen molar-refractivity contribution in [2.45, 2.75) is 6.23 Å². The maximum atomic E-state index is 12.5. The van der Waals surface area contributed by atoms with Gasteiger partial charge in [0.1, 0.15) is 0 Å². The van der Waals surface area contributed by atoms with Gasteiger partial charge in [0.05, 0.1) is 11.8 Å². The van der Waals surface area contributed by atoms with Crippen LogP contribution in [-0.2, 0) is 19.1 Å². The lowest BCUT2D eigenvalue weighted by Crippen LogP contribution is -2.40. The first-order valence-corrected chi connectivity index (χ1v) is 8.01. The molecule has 21 heavy (non-hydrogen) atoms. The Balaban J connectivity index is 2.25. The van der Waals surface area contributed by atoms with Crippen molar-refractivity contribution in [2.75, 3.05) is 13.4 Å². The molecule has 0 fully saturated rings. The van der Waals surface area contributed by atoms with Crippen molar-refractivity contribution < 1.29 is 22.2 Å². The molecule has 0 saturated heterocycles. The maximum absolute atomic E-state index is 12.5. The van der Waals surface area contributed by atoms with Crippen LogP contribution in [0.2, 0.25) is 0 Å². The van der Waals surface area contributed by atoms with E-state index < -0.39 is 22.3 Å². The van der Waals surface area contributed by atoms with Gasteiger partial charge in [-0.05, 0) is 11.5 Å². The van der Waals surface area contributed by atoms with E-state index >= 15 is 0 Å². The molecule has 2 aromatic rings. The summed E-state index contributed by atoms with van der Waals surface area (Å²) in [6, 6.07) is 10.8. The van der Waals surface area contributed by atoms with Crippen molar-refractivity contribution in [1.82, 2.24) is 5.06 Å². The largest absolute Gasteiger partial charge is 0.355 e. The molecule has 0 aromatic heterocycles. The second-order valence-corrected chi connectivity index (χ2v) is 6.31. The number of carbonyl (C=O) groups excluding carboxylic acids is 1. The third-order valence-corrected chi connectivity index (χ3v) is 3.72. The molecule has 1 unspecified atom stereocenters. The van der Waals surface area contributed by atoms with Crippen LogP contribution in [0, 0.1) is 0 Å². The summed E-state index contributed by atoms with van der Waals surface area (Å²) in [6.07, 6.45) is -0.0282. The Morgan fingerprint density at radius 2 is 1.81 bits per heavy atom. The summed E-state index contributed by atoms with van der Waals surface area (Å²) in [5.41, 5.74) is 1.08. The number of nitrogens with zero attached hydrogens (tertiary/aromatic N) is 1. The van der Waals surface area contributed by atoms with Crippen molar-refractivity contribution in [3.05, 3.63) is 47.5 Å². The predicted molar refractivity (Wildman–Crippen MR) is 75.8 cm³/mol. The van der Waals surface area contributed by atoms with E-state index in [9.17, 15) is 13.2 Å². The summed E-state index contributed by atoms with van der Waals surface area (Å²) in [6.45, 7) is 0. The second kappa shape index (κ2) is 4.80. The molecule has 7 heteroatoms. The number of hydroxylamine groups is 2. The quantitative estimate of drug-likeness (QED) is 0.865. The van der Waals surface area contributed by atoms with Crippen LogP contribution in [0.5, 0.6) is 0 Å². The maximum Gasteiger partial charge on any atom is 0.285 e. The Labute approximate surface area is 122 Å². The van der Waals surface area contributed by atoms with Crippen molar-refractivity contribution in [3.8, 4) is 0 Å². The molecule has 6 nitrogen and oxygen atoms in total. The zero-order valence-electron chi connectivity index (χ0n) is 11.4. The van der Waals surface area contributed by atoms with Crippen LogP contribution in [0.3, 0.4) is 0 Å². The van der Waals surface area contributed by atoms with Crippen LogP contribution in [0.15, 0.2) is 36.4 Å². The lowest BCUT2D eigenvalue weighted by molar-refractivity contribution is -0.150. The van der Waals surface area contributed by atoms with Crippen molar-refractivity contribution in [2.24, 2.45) is 0 Å². The SMILES string of the molecule is COC1c2cccc3cccc(c23)C(=O)N1OS(C)(=O)=O. The standard InChI is InChI=1S/C14H13NO5S/c1-19-14-11-8-4-6-9-5-3-7-10(12(9)11)13(16)15(14)20-21(2,17)18/h3-8,14H,1-2H3. The van der Waals surface area contributed by atoms with E-state index in [4.69, 9.17) is 9.02 Å². The first kappa shape index (κ1) is 14.0. The number of methoxy groups -OCH3 is 1. The summed E-state index contributed by atoms with van der Waals surface area (Å²) in [5.74, 6) is -0.545. The minimum atomic E-state index is -3.85. The topological polar surface area (TPSA) is 72.9 Å². The molecular weight excluding hydrogens is 294 g/mol. The van der Waals surface area contributed by atoms with Gasteiger partial charge in [0.15, 0.2) is 6.23 Å². The van der Waals surface area contributed by atoms with Crippen LogP contribution < -0.4 is 0 Å². The molecule has 0 aliphatic carbocycles. The van der Waals surface area contributed by atoms with Crippen LogP contribution in [0.25, 0.3) is 10.8 Å². The van der Waals surface area contributed by atoms with Gasteiger partial charge >= 0.3 is 0 Å². The van der Waals surface area contributed by atoms with Crippen molar-refractivity contribution in [1.29, 1.82) is 0 Å². The molecule has 2 aromatic carbocycles. The highest BCUT2D eigenvalue weighted by atomic mass is 32.2. The molecule has 110 valence electrons. The minimum absolute atomic E-state index is 0.389. The third-order valence-electron chi connectivity index (χ3n) is 3.29. The highest BCUT2D eigenvalue weighted by Gasteiger charge is 2.37. The van der Waals surface area contributed by atoms with Gasteiger partial charge in [-0.15, -0.1) is 4.28 Å². The Morgan fingerprint density at radius 1 is 1.14 bits per heavy atom. The van der Waals surface area contributed by atoms with Gasteiger partial charge in [-0.3, -0.25) is 4.79 Å². The second-order valence-electron chi connectivity index (χ2n) is 4.75. The molecular formula is C14H13NO5S. The molecule has 0 saturated carbocycles. The van der Waals surface area contributed by atoms with Crippen LogP contribution in [0.1, 0.15) is 22.1 Å². The zero-order valence-corrected chi connectivity index (χ0v) is 12.3. The van der Waals surface area contributed by atoms with Crippen molar-refractivity contribution in [3.63, 3.8) is 0 Å². The Hall–Kier alpha value is -1.96. The minimum Gasteiger partial charge on any atom is -0.355 e. The number of hydrogen-bond donors (Lipinski definition) is 0. The summed E-state index contributed by atoms with van der Waals surface area (Å²) in [7, 11) is -2.45. The Kier molecular flexibility index (Phi) is 3.20. The first-order chi connectivity index (χ1) is 9.92. The fraction of sp³-hybridized carbons (Fsp3) is 0.214. The average Bonchev–Trinajstić information content (AvgIpc) is 2.43. The monoisotopic (exact) mass is 307 g/mol. The number of carbonyl (C=O) groups is 1. The molecule has 1 amide bonds. The van der Waals surface area contributed by atoms with E-state index in [1.165, 1.54) is 7.11 Å². The Morgan fingerprint density at radius 3 is 2.43 bits per heavy atom. The molecule has 1 aliphatic heterocycles. The summed E-state index contributed by atoms with van der Waals surface area (Å²) >= 11 is 0. The van der Waals surface area contributed by atoms with Gasteiger partial charge in [0, 0.05) is 18.1 Å². The smallest absolute Gasteiger partial charge is 0.285 e. The predicted octanol–water partition coefficient (Wildman–Crippen LogP) is 1.83. The number of amides is 1. The van der Waals surface area contributed by atoms with E-state index in [0.717, 1.165) is 22.1 Å². The fourth-order valence-corrected chi connectivity index (χ4v) is 2.98. The fourth-order valence-electron chi connectivity index (χ4n) is 2.55. The molecule has 0 radical (unpaired) electrons. The third kappa shape index (κ3) is 2.29. The zero-order chi connectivity index (χ0) is 15.2. The van der Waals surface area contributed by atoms with E-state index in [1.807, 2.05) is 18.2 Å². The van der Waals surface area contributed by atoms with Crippen LogP contribution in [-0.4, -0.2) is 32.8 Å². The molecule has 1 atom stereocenters. The molecule has 0 spiro atoms. The highest BCUT2D eigenvalue weighted by molar-refractivity contribution is 7.85. The normalized spacial score (nSPS) is 18.3. The van der Waals surface area contributed by atoms with Crippen LogP contribution in [0.4, 0.5) is 0 Å². The summed E-state index contributed by atoms with van der Waals surface area (Å²) < 4.78 is 32.9. The summed E-state index contributed by atoms with van der Waals surface area (Å²) in [5, 5.41) is 2.40. The van der Waals surface area contributed by atoms with E-state index in [2.05, 4.69) is 0 Å². The lowest BCUT2D eigenvalue weighted by atomic mass is 9.94. The van der Waals surface area contributed by atoms with Gasteiger partial charge in [-0.25, -0.2) is 0 Å². The van der Waals surface area contributed by atoms with Gasteiger partial charge in [0.25, 0.3) is 16.0 Å². The van der Waals surface area contributed by atoms with Crippen molar-refractivity contribution >= 4 is 26.8 Å². The molecule has 1 heterocycles. The van der Waals surface area contributed by atoms with E-state index in [-0.39, 0.29) is 0 Å². The highest BCUT2D eigenvalue weighted by Crippen LogP contribution is 2.37. The van der Waals surface area contributed by atoms with Gasteiger partial charge in [-0.1, -0.05) is 30.3 Å². The van der Waals surface area contributed by atoms with Gasteiger partial charge < -0.3 is 4.74 Å². The molecule has 0 N–H and O–H groups in total. The number of benzene rings is 2. The van der Waals surface area contributed by atoms with Crippen LogP contribution >= 0.6 is 0 Å². The van der Waals surface area contributed by atoms with Gasteiger partial charge in [0.2, 0.25) is 0 Å².